The zero-order valence-electron chi connectivity index (χ0n) is 8.65. The molecule has 0 saturated carbocycles. The summed E-state index contributed by atoms with van der Waals surface area (Å²) in [6.07, 6.45) is 11.3. The van der Waals surface area contributed by atoms with E-state index < -0.39 is 0 Å². The second-order valence-electron chi connectivity index (χ2n) is 4.17. The second-order valence-corrected chi connectivity index (χ2v) is 4.17. The average Bonchev–Trinajstić information content (AvgIpc) is 2.29. The second kappa shape index (κ2) is 4.99. The van der Waals surface area contributed by atoms with E-state index in [-0.39, 0.29) is 0 Å². The van der Waals surface area contributed by atoms with Crippen LogP contribution in [0.3, 0.4) is 0 Å². The van der Waals surface area contributed by atoms with E-state index in [1.165, 1.54) is 37.7 Å². The van der Waals surface area contributed by atoms with E-state index in [4.69, 9.17) is 0 Å². The molecule has 0 bridgehead atoms. The zero-order chi connectivity index (χ0) is 9.64. The van der Waals surface area contributed by atoms with Crippen molar-refractivity contribution in [1.82, 2.24) is 0 Å². The number of aryl methyl sites for hydroxylation is 1. The minimum absolute atomic E-state index is 0.931. The summed E-state index contributed by atoms with van der Waals surface area (Å²) in [5.74, 6) is 0.931. The van der Waals surface area contributed by atoms with E-state index in [1.807, 2.05) is 0 Å². The Kier molecular flexibility index (Phi) is 3.39. The van der Waals surface area contributed by atoms with Gasteiger partial charge in [0.25, 0.3) is 0 Å². The van der Waals surface area contributed by atoms with Gasteiger partial charge < -0.3 is 0 Å². The lowest BCUT2D eigenvalue weighted by Crippen LogP contribution is -2.03. The van der Waals surface area contributed by atoms with Crippen LogP contribution in [-0.2, 0) is 6.42 Å². The van der Waals surface area contributed by atoms with E-state index in [0.29, 0.717) is 0 Å². The number of benzene rings is 1. The Labute approximate surface area is 86.7 Å². The van der Waals surface area contributed by atoms with Gasteiger partial charge in [0.2, 0.25) is 0 Å². The lowest BCUT2D eigenvalue weighted by Gasteiger charge is -2.17. The fraction of sp³-hybridized carbons (Fsp3) is 0.429. The Hall–Kier alpha value is -1.04. The third kappa shape index (κ3) is 2.73. The van der Waals surface area contributed by atoms with Gasteiger partial charge >= 0.3 is 0 Å². The topological polar surface area (TPSA) is 0 Å². The monoisotopic (exact) mass is 186 g/mol. The highest BCUT2D eigenvalue weighted by Gasteiger charge is 2.09. The Morgan fingerprint density at radius 2 is 1.93 bits per heavy atom. The van der Waals surface area contributed by atoms with Gasteiger partial charge in [-0.3, -0.25) is 0 Å². The summed E-state index contributed by atoms with van der Waals surface area (Å²) in [4.78, 5) is 0. The third-order valence-corrected chi connectivity index (χ3v) is 3.06. The van der Waals surface area contributed by atoms with Crippen molar-refractivity contribution in [2.24, 2.45) is 5.92 Å². The molecular weight excluding hydrogens is 168 g/mol. The number of hydrogen-bond acceptors (Lipinski definition) is 0. The van der Waals surface area contributed by atoms with Crippen LogP contribution in [0.2, 0.25) is 0 Å². The van der Waals surface area contributed by atoms with Crippen molar-refractivity contribution in [3.05, 3.63) is 48.0 Å². The fourth-order valence-corrected chi connectivity index (χ4v) is 2.13. The van der Waals surface area contributed by atoms with Crippen LogP contribution >= 0.6 is 0 Å². The maximum absolute atomic E-state index is 2.35. The highest BCUT2D eigenvalue weighted by molar-refractivity contribution is 5.14. The molecule has 14 heavy (non-hydrogen) atoms. The first-order valence-electron chi connectivity index (χ1n) is 5.64. The molecule has 0 heterocycles. The first-order valence-corrected chi connectivity index (χ1v) is 5.64. The molecule has 1 aliphatic carbocycles. The molecule has 0 saturated heterocycles. The SMILES string of the molecule is C1=CCC(CCc2ccccc2)CC1. The summed E-state index contributed by atoms with van der Waals surface area (Å²) in [5.41, 5.74) is 1.49. The van der Waals surface area contributed by atoms with Crippen molar-refractivity contribution in [2.75, 3.05) is 0 Å². The number of hydrogen-bond donors (Lipinski definition) is 0. The molecule has 0 heteroatoms. The van der Waals surface area contributed by atoms with Gasteiger partial charge in [-0.1, -0.05) is 42.5 Å². The van der Waals surface area contributed by atoms with Gasteiger partial charge in [-0.25, -0.2) is 0 Å². The van der Waals surface area contributed by atoms with E-state index in [1.54, 1.807) is 0 Å². The van der Waals surface area contributed by atoms with Crippen LogP contribution in [0.25, 0.3) is 0 Å². The largest absolute Gasteiger partial charge is 0.0885 e. The molecule has 74 valence electrons. The van der Waals surface area contributed by atoms with Crippen LogP contribution in [0, 0.1) is 5.92 Å². The van der Waals surface area contributed by atoms with Gasteiger partial charge in [0, 0.05) is 0 Å². The van der Waals surface area contributed by atoms with Crippen LogP contribution in [-0.4, -0.2) is 0 Å². The number of rotatable bonds is 3. The molecule has 0 N–H and O–H groups in total. The van der Waals surface area contributed by atoms with Crippen molar-refractivity contribution in [3.63, 3.8) is 0 Å². The molecule has 0 fully saturated rings. The van der Waals surface area contributed by atoms with Gasteiger partial charge in [-0.05, 0) is 43.6 Å². The predicted octanol–water partition coefficient (Wildman–Crippen LogP) is 3.98. The van der Waals surface area contributed by atoms with E-state index >= 15 is 0 Å². The van der Waals surface area contributed by atoms with E-state index in [0.717, 1.165) is 5.92 Å². The Morgan fingerprint density at radius 3 is 2.64 bits per heavy atom. The molecule has 1 atom stereocenters. The molecule has 1 aromatic rings. The minimum Gasteiger partial charge on any atom is -0.0885 e. The Morgan fingerprint density at radius 1 is 1.07 bits per heavy atom. The van der Waals surface area contributed by atoms with Gasteiger partial charge in [0.05, 0.1) is 0 Å². The van der Waals surface area contributed by atoms with Crippen LogP contribution in [0.15, 0.2) is 42.5 Å². The van der Waals surface area contributed by atoms with Crippen LogP contribution in [0.1, 0.15) is 31.2 Å². The summed E-state index contributed by atoms with van der Waals surface area (Å²) in [6, 6.07) is 10.8. The maximum Gasteiger partial charge on any atom is -0.0276 e. The molecule has 0 nitrogen and oxygen atoms in total. The molecule has 0 radical (unpaired) electrons. The lowest BCUT2D eigenvalue weighted by molar-refractivity contribution is 0.446. The van der Waals surface area contributed by atoms with Crippen molar-refractivity contribution in [3.8, 4) is 0 Å². The molecule has 1 aromatic carbocycles. The normalized spacial score (nSPS) is 21.0. The summed E-state index contributed by atoms with van der Waals surface area (Å²) >= 11 is 0. The molecule has 0 aromatic heterocycles. The number of allylic oxidation sites excluding steroid dienone is 2. The summed E-state index contributed by atoms with van der Waals surface area (Å²) < 4.78 is 0. The van der Waals surface area contributed by atoms with E-state index in [9.17, 15) is 0 Å². The maximum atomic E-state index is 2.35. The van der Waals surface area contributed by atoms with Crippen molar-refractivity contribution in [2.45, 2.75) is 32.1 Å². The minimum atomic E-state index is 0.931. The average molecular weight is 186 g/mol. The third-order valence-electron chi connectivity index (χ3n) is 3.06. The van der Waals surface area contributed by atoms with Crippen LogP contribution in [0.5, 0.6) is 0 Å². The van der Waals surface area contributed by atoms with Gasteiger partial charge in [0.15, 0.2) is 0 Å². The first kappa shape index (κ1) is 9.51. The van der Waals surface area contributed by atoms with Crippen LogP contribution < -0.4 is 0 Å². The summed E-state index contributed by atoms with van der Waals surface area (Å²) in [5, 5.41) is 0. The Bertz CT molecular complexity index is 284. The molecule has 0 amide bonds. The standard InChI is InChI=1S/C14H18/c1-3-7-13(8-4-1)11-12-14-9-5-2-6-10-14/h1-5,7-8,14H,6,9-12H2. The summed E-state index contributed by atoms with van der Waals surface area (Å²) in [6.45, 7) is 0. The van der Waals surface area contributed by atoms with Crippen molar-refractivity contribution in [1.29, 1.82) is 0 Å². The molecule has 1 unspecified atom stereocenters. The Balaban J connectivity index is 1.80. The van der Waals surface area contributed by atoms with Crippen LogP contribution in [0.4, 0.5) is 0 Å². The molecular formula is C14H18. The molecule has 2 rings (SSSR count). The highest BCUT2D eigenvalue weighted by Crippen LogP contribution is 2.22. The van der Waals surface area contributed by atoms with E-state index in [2.05, 4.69) is 42.5 Å². The zero-order valence-corrected chi connectivity index (χ0v) is 8.65. The molecule has 0 spiro atoms. The highest BCUT2D eigenvalue weighted by atomic mass is 14.1. The summed E-state index contributed by atoms with van der Waals surface area (Å²) in [7, 11) is 0. The lowest BCUT2D eigenvalue weighted by atomic mass is 9.89. The molecule has 1 aliphatic rings. The molecule has 0 aliphatic heterocycles. The fourth-order valence-electron chi connectivity index (χ4n) is 2.13. The van der Waals surface area contributed by atoms with Gasteiger partial charge in [-0.2, -0.15) is 0 Å². The quantitative estimate of drug-likeness (QED) is 0.626. The predicted molar refractivity (Wildman–Crippen MR) is 61.2 cm³/mol. The van der Waals surface area contributed by atoms with Gasteiger partial charge in [-0.15, -0.1) is 0 Å². The van der Waals surface area contributed by atoms with Gasteiger partial charge in [0.1, 0.15) is 0 Å². The van der Waals surface area contributed by atoms with Crippen molar-refractivity contribution < 1.29 is 0 Å². The first-order chi connectivity index (χ1) is 6.95. The smallest absolute Gasteiger partial charge is 0.0276 e. The van der Waals surface area contributed by atoms with Crippen molar-refractivity contribution >= 4 is 0 Å².